The molecule has 1 atom stereocenters. The highest BCUT2D eigenvalue weighted by molar-refractivity contribution is 6.31. The van der Waals surface area contributed by atoms with E-state index in [0.717, 1.165) is 16.7 Å². The minimum absolute atomic E-state index is 0.154. The number of para-hydroxylation sites is 1. The van der Waals surface area contributed by atoms with Gasteiger partial charge in [-0.25, -0.2) is 9.97 Å². The molecular formula is C19H20ClN3O. The molecule has 0 amide bonds. The Morgan fingerprint density at radius 2 is 1.79 bits per heavy atom. The molecule has 0 saturated heterocycles. The van der Waals surface area contributed by atoms with Crippen molar-refractivity contribution in [3.8, 4) is 17.1 Å². The average molecular weight is 342 g/mol. The van der Waals surface area contributed by atoms with Gasteiger partial charge in [-0.1, -0.05) is 37.6 Å². The van der Waals surface area contributed by atoms with Crippen LogP contribution in [-0.2, 0) is 0 Å². The number of fused-ring (bicyclic) bond motifs is 1. The monoisotopic (exact) mass is 341 g/mol. The summed E-state index contributed by atoms with van der Waals surface area (Å²) in [6.45, 7) is 6.43. The number of hydrogen-bond acceptors (Lipinski definition) is 4. The van der Waals surface area contributed by atoms with Crippen molar-refractivity contribution >= 4 is 28.3 Å². The summed E-state index contributed by atoms with van der Waals surface area (Å²) in [5, 5.41) is 15.1. The maximum atomic E-state index is 10.1. The Kier molecular flexibility index (Phi) is 4.58. The van der Waals surface area contributed by atoms with Crippen LogP contribution < -0.4 is 5.32 Å². The van der Waals surface area contributed by atoms with E-state index in [-0.39, 0.29) is 11.8 Å². The molecule has 0 aliphatic rings. The number of rotatable bonds is 4. The van der Waals surface area contributed by atoms with Gasteiger partial charge in [0, 0.05) is 16.5 Å². The summed E-state index contributed by atoms with van der Waals surface area (Å²) >= 11 is 6.13. The Bertz CT molecular complexity index is 880. The highest BCUT2D eigenvalue weighted by atomic mass is 35.5. The van der Waals surface area contributed by atoms with Gasteiger partial charge in [0.05, 0.1) is 11.1 Å². The first-order valence-electron chi connectivity index (χ1n) is 7.98. The predicted octanol–water partition coefficient (Wildman–Crippen LogP) is 5.11. The van der Waals surface area contributed by atoms with Gasteiger partial charge in [-0.15, -0.1) is 0 Å². The molecule has 1 unspecified atom stereocenters. The second-order valence-electron chi connectivity index (χ2n) is 6.25. The second-order valence-corrected chi connectivity index (χ2v) is 6.69. The van der Waals surface area contributed by atoms with E-state index in [9.17, 15) is 5.11 Å². The minimum atomic E-state index is 0.154. The molecule has 5 heteroatoms. The molecule has 0 saturated carbocycles. The highest BCUT2D eigenvalue weighted by Gasteiger charge is 2.15. The molecule has 1 aromatic heterocycles. The topological polar surface area (TPSA) is 58.0 Å². The Morgan fingerprint density at radius 3 is 2.50 bits per heavy atom. The first kappa shape index (κ1) is 16.5. The third kappa shape index (κ3) is 3.29. The van der Waals surface area contributed by atoms with Crippen LogP contribution in [0, 0.1) is 5.92 Å². The summed E-state index contributed by atoms with van der Waals surface area (Å²) in [6, 6.07) is 12.9. The predicted molar refractivity (Wildman–Crippen MR) is 99.6 cm³/mol. The number of phenolic OH excluding ortho intramolecular Hbond substituents is 1. The first-order chi connectivity index (χ1) is 11.5. The van der Waals surface area contributed by atoms with Crippen molar-refractivity contribution in [3.63, 3.8) is 0 Å². The summed E-state index contributed by atoms with van der Waals surface area (Å²) < 4.78 is 0. The van der Waals surface area contributed by atoms with E-state index >= 15 is 0 Å². The highest BCUT2D eigenvalue weighted by Crippen LogP contribution is 2.31. The molecule has 4 nitrogen and oxygen atoms in total. The zero-order chi connectivity index (χ0) is 17.3. The third-order valence-electron chi connectivity index (χ3n) is 4.17. The molecule has 2 aromatic carbocycles. The molecule has 0 spiro atoms. The van der Waals surface area contributed by atoms with Crippen LogP contribution in [0.5, 0.6) is 5.75 Å². The molecule has 0 bridgehead atoms. The Morgan fingerprint density at radius 1 is 1.04 bits per heavy atom. The number of aromatic nitrogens is 2. The number of nitrogens with zero attached hydrogens (tertiary/aromatic N) is 2. The van der Waals surface area contributed by atoms with E-state index in [0.29, 0.717) is 22.3 Å². The third-order valence-corrected chi connectivity index (χ3v) is 4.40. The maximum Gasteiger partial charge on any atom is 0.165 e. The largest absolute Gasteiger partial charge is 0.507 e. The standard InChI is InChI=1S/C19H20ClN3O/c1-11(2)12(3)21-18-14-9-8-13(20)10-16(14)22-19(23-18)15-6-4-5-7-17(15)24/h4-12,24H,1-3H3,(H,21,22,23). The lowest BCUT2D eigenvalue weighted by Gasteiger charge is -2.20. The Hall–Kier alpha value is -2.33. The summed E-state index contributed by atoms with van der Waals surface area (Å²) in [5.41, 5.74) is 1.34. The number of anilines is 1. The van der Waals surface area contributed by atoms with Crippen molar-refractivity contribution in [2.45, 2.75) is 26.8 Å². The second kappa shape index (κ2) is 6.65. The van der Waals surface area contributed by atoms with Crippen LogP contribution >= 0.6 is 11.6 Å². The fourth-order valence-corrected chi connectivity index (χ4v) is 2.54. The van der Waals surface area contributed by atoms with Crippen LogP contribution in [0.4, 0.5) is 5.82 Å². The van der Waals surface area contributed by atoms with Crippen molar-refractivity contribution in [3.05, 3.63) is 47.5 Å². The quantitative estimate of drug-likeness (QED) is 0.692. The number of nitrogens with one attached hydrogen (secondary N) is 1. The summed E-state index contributed by atoms with van der Waals surface area (Å²) in [7, 11) is 0. The van der Waals surface area contributed by atoms with Crippen LogP contribution in [0.25, 0.3) is 22.3 Å². The van der Waals surface area contributed by atoms with E-state index < -0.39 is 0 Å². The fraction of sp³-hybridized carbons (Fsp3) is 0.263. The van der Waals surface area contributed by atoms with Crippen molar-refractivity contribution in [2.24, 2.45) is 5.92 Å². The molecule has 1 heterocycles. The molecule has 124 valence electrons. The van der Waals surface area contributed by atoms with Gasteiger partial charge < -0.3 is 10.4 Å². The molecular weight excluding hydrogens is 322 g/mol. The Labute approximate surface area is 146 Å². The lowest BCUT2D eigenvalue weighted by Crippen LogP contribution is -2.22. The van der Waals surface area contributed by atoms with Gasteiger partial charge in [0.1, 0.15) is 11.6 Å². The van der Waals surface area contributed by atoms with Gasteiger partial charge in [-0.2, -0.15) is 0 Å². The minimum Gasteiger partial charge on any atom is -0.507 e. The fourth-order valence-electron chi connectivity index (χ4n) is 2.38. The van der Waals surface area contributed by atoms with Crippen LogP contribution in [0.15, 0.2) is 42.5 Å². The van der Waals surface area contributed by atoms with Gasteiger partial charge in [0.15, 0.2) is 5.82 Å². The summed E-state index contributed by atoms with van der Waals surface area (Å²) in [4.78, 5) is 9.24. The number of hydrogen-bond donors (Lipinski definition) is 2. The zero-order valence-electron chi connectivity index (χ0n) is 13.9. The van der Waals surface area contributed by atoms with Crippen molar-refractivity contribution in [2.75, 3.05) is 5.32 Å². The van der Waals surface area contributed by atoms with Gasteiger partial charge in [0.25, 0.3) is 0 Å². The lowest BCUT2D eigenvalue weighted by atomic mass is 10.1. The van der Waals surface area contributed by atoms with Crippen LogP contribution in [0.1, 0.15) is 20.8 Å². The SMILES string of the molecule is CC(C)C(C)Nc1nc(-c2ccccc2O)nc2cc(Cl)ccc12. The zero-order valence-corrected chi connectivity index (χ0v) is 14.7. The molecule has 0 aliphatic heterocycles. The average Bonchev–Trinajstić information content (AvgIpc) is 2.54. The number of aromatic hydroxyl groups is 1. The molecule has 3 aromatic rings. The van der Waals surface area contributed by atoms with Crippen LogP contribution in [0.3, 0.4) is 0 Å². The van der Waals surface area contributed by atoms with Crippen molar-refractivity contribution in [1.29, 1.82) is 0 Å². The smallest absolute Gasteiger partial charge is 0.165 e. The van der Waals surface area contributed by atoms with Gasteiger partial charge in [-0.3, -0.25) is 0 Å². The molecule has 2 N–H and O–H groups in total. The normalized spacial score (nSPS) is 12.5. The molecule has 24 heavy (non-hydrogen) atoms. The van der Waals surface area contributed by atoms with Gasteiger partial charge in [0.2, 0.25) is 0 Å². The molecule has 0 radical (unpaired) electrons. The van der Waals surface area contributed by atoms with Crippen LogP contribution in [0.2, 0.25) is 5.02 Å². The van der Waals surface area contributed by atoms with E-state index in [4.69, 9.17) is 11.6 Å². The molecule has 0 aliphatic carbocycles. The Balaban J connectivity index is 2.19. The van der Waals surface area contributed by atoms with E-state index in [2.05, 4.69) is 36.1 Å². The number of phenols is 1. The summed E-state index contributed by atoms with van der Waals surface area (Å²) in [5.74, 6) is 1.83. The van der Waals surface area contributed by atoms with Gasteiger partial charge >= 0.3 is 0 Å². The number of benzene rings is 2. The van der Waals surface area contributed by atoms with E-state index in [1.165, 1.54) is 0 Å². The maximum absolute atomic E-state index is 10.1. The van der Waals surface area contributed by atoms with Crippen molar-refractivity contribution < 1.29 is 5.11 Å². The van der Waals surface area contributed by atoms with Crippen molar-refractivity contribution in [1.82, 2.24) is 9.97 Å². The first-order valence-corrected chi connectivity index (χ1v) is 8.35. The summed E-state index contributed by atoms with van der Waals surface area (Å²) in [6.07, 6.45) is 0. The molecule has 0 fully saturated rings. The van der Waals surface area contributed by atoms with Gasteiger partial charge in [-0.05, 0) is 43.2 Å². The molecule has 3 rings (SSSR count). The van der Waals surface area contributed by atoms with E-state index in [1.807, 2.05) is 24.3 Å². The number of halogens is 1. The van der Waals surface area contributed by atoms with E-state index in [1.54, 1.807) is 18.2 Å². The lowest BCUT2D eigenvalue weighted by molar-refractivity contribution is 0.477. The van der Waals surface area contributed by atoms with Crippen LogP contribution in [-0.4, -0.2) is 21.1 Å².